The molecule has 0 fully saturated rings. The van der Waals surface area contributed by atoms with E-state index < -0.39 is 11.9 Å². The van der Waals surface area contributed by atoms with Crippen molar-refractivity contribution in [2.45, 2.75) is 10.8 Å². The summed E-state index contributed by atoms with van der Waals surface area (Å²) >= 11 is 1.43. The summed E-state index contributed by atoms with van der Waals surface area (Å²) in [5, 5.41) is 9.32. The summed E-state index contributed by atoms with van der Waals surface area (Å²) in [5.41, 5.74) is 7.17. The number of benzene rings is 1. The van der Waals surface area contributed by atoms with E-state index in [-0.39, 0.29) is 0 Å². The highest BCUT2D eigenvalue weighted by atomic mass is 32.2. The molecule has 0 spiro atoms. The first-order valence-electron chi connectivity index (χ1n) is 5.78. The van der Waals surface area contributed by atoms with Crippen molar-refractivity contribution in [3.05, 3.63) is 54.4 Å². The largest absolute Gasteiger partial charge is 0.481 e. The zero-order valence-corrected chi connectivity index (χ0v) is 11.0. The molecule has 0 amide bonds. The molecule has 1 aromatic heterocycles. The zero-order chi connectivity index (χ0) is 13.7. The van der Waals surface area contributed by atoms with Crippen LogP contribution in [0.4, 0.5) is 5.69 Å². The van der Waals surface area contributed by atoms with Crippen molar-refractivity contribution in [2.75, 3.05) is 11.5 Å². The first-order valence-corrected chi connectivity index (χ1v) is 6.77. The summed E-state index contributed by atoms with van der Waals surface area (Å²) < 4.78 is 0. The monoisotopic (exact) mass is 274 g/mol. The number of hydrogen-bond donors (Lipinski definition) is 2. The van der Waals surface area contributed by atoms with E-state index >= 15 is 0 Å². The van der Waals surface area contributed by atoms with Gasteiger partial charge in [0, 0.05) is 16.8 Å². The molecule has 0 aliphatic carbocycles. The Labute approximate surface area is 115 Å². The number of nitrogens with two attached hydrogens (primary N) is 1. The molecule has 1 atom stereocenters. The fourth-order valence-electron chi connectivity index (χ4n) is 1.69. The van der Waals surface area contributed by atoms with Crippen LogP contribution in [0.2, 0.25) is 0 Å². The first kappa shape index (κ1) is 13.4. The van der Waals surface area contributed by atoms with E-state index in [1.54, 1.807) is 18.5 Å². The second-order valence-electron chi connectivity index (χ2n) is 4.03. The molecule has 2 aromatic rings. The molecule has 98 valence electrons. The van der Waals surface area contributed by atoms with Gasteiger partial charge >= 0.3 is 5.97 Å². The van der Waals surface area contributed by atoms with Gasteiger partial charge in [0.1, 0.15) is 0 Å². The van der Waals surface area contributed by atoms with Gasteiger partial charge in [-0.2, -0.15) is 0 Å². The summed E-state index contributed by atoms with van der Waals surface area (Å²) in [6.07, 6.45) is 3.22. The lowest BCUT2D eigenvalue weighted by molar-refractivity contribution is -0.138. The van der Waals surface area contributed by atoms with E-state index in [1.807, 2.05) is 30.3 Å². The van der Waals surface area contributed by atoms with Crippen molar-refractivity contribution in [1.29, 1.82) is 0 Å². The van der Waals surface area contributed by atoms with E-state index in [0.29, 0.717) is 11.4 Å². The zero-order valence-electron chi connectivity index (χ0n) is 10.2. The Bertz CT molecular complexity index is 560. The van der Waals surface area contributed by atoms with Gasteiger partial charge in [-0.25, -0.2) is 0 Å². The molecular formula is C14H14N2O2S. The van der Waals surface area contributed by atoms with Crippen LogP contribution in [-0.2, 0) is 4.79 Å². The number of carboxylic acids is 1. The summed E-state index contributed by atoms with van der Waals surface area (Å²) in [7, 11) is 0. The molecule has 1 unspecified atom stereocenters. The molecule has 3 N–H and O–H groups in total. The van der Waals surface area contributed by atoms with Gasteiger partial charge in [-0.05, 0) is 11.6 Å². The molecule has 0 aliphatic rings. The average Bonchev–Trinajstić information content (AvgIpc) is 2.42. The van der Waals surface area contributed by atoms with Gasteiger partial charge in [0.25, 0.3) is 0 Å². The van der Waals surface area contributed by atoms with Crippen LogP contribution in [0.25, 0.3) is 0 Å². The van der Waals surface area contributed by atoms with Crippen molar-refractivity contribution in [3.63, 3.8) is 0 Å². The van der Waals surface area contributed by atoms with Crippen LogP contribution in [0.3, 0.4) is 0 Å². The molecule has 0 saturated carbocycles. The maximum absolute atomic E-state index is 11.3. The highest BCUT2D eigenvalue weighted by Crippen LogP contribution is 2.29. The number of rotatable bonds is 5. The number of pyridine rings is 1. The maximum Gasteiger partial charge on any atom is 0.311 e. The number of nitrogens with zero attached hydrogens (tertiary/aromatic N) is 1. The molecule has 19 heavy (non-hydrogen) atoms. The Kier molecular flexibility index (Phi) is 4.41. The van der Waals surface area contributed by atoms with Crippen LogP contribution in [0.5, 0.6) is 0 Å². The number of carboxylic acid groups (broad SMARTS) is 1. The normalized spacial score (nSPS) is 12.0. The highest BCUT2D eigenvalue weighted by molar-refractivity contribution is 7.99. The molecule has 2 rings (SSSR count). The minimum atomic E-state index is -0.827. The molecule has 0 radical (unpaired) electrons. The Morgan fingerprint density at radius 1 is 1.32 bits per heavy atom. The number of nitrogen functional groups attached to an aromatic ring is 1. The number of hydrogen-bond acceptors (Lipinski definition) is 4. The van der Waals surface area contributed by atoms with Crippen molar-refractivity contribution >= 4 is 23.4 Å². The highest BCUT2D eigenvalue weighted by Gasteiger charge is 2.20. The second kappa shape index (κ2) is 6.24. The third kappa shape index (κ3) is 3.48. The van der Waals surface area contributed by atoms with Crippen LogP contribution < -0.4 is 5.73 Å². The van der Waals surface area contributed by atoms with Crippen LogP contribution in [0.15, 0.2) is 53.7 Å². The van der Waals surface area contributed by atoms with Crippen LogP contribution in [0.1, 0.15) is 11.5 Å². The maximum atomic E-state index is 11.3. The molecule has 5 heteroatoms. The van der Waals surface area contributed by atoms with Crippen LogP contribution >= 0.6 is 11.8 Å². The smallest absolute Gasteiger partial charge is 0.311 e. The quantitative estimate of drug-likeness (QED) is 0.820. The Morgan fingerprint density at radius 3 is 2.68 bits per heavy atom. The van der Waals surface area contributed by atoms with Gasteiger partial charge in [0.05, 0.1) is 17.8 Å². The summed E-state index contributed by atoms with van der Waals surface area (Å²) in [6, 6.07) is 11.0. The lowest BCUT2D eigenvalue weighted by Gasteiger charge is -2.13. The number of anilines is 1. The van der Waals surface area contributed by atoms with E-state index in [0.717, 1.165) is 10.5 Å². The second-order valence-corrected chi connectivity index (χ2v) is 5.09. The minimum Gasteiger partial charge on any atom is -0.481 e. The predicted molar refractivity (Wildman–Crippen MR) is 76.2 cm³/mol. The summed E-state index contributed by atoms with van der Waals surface area (Å²) in [6.45, 7) is 0. The predicted octanol–water partition coefficient (Wildman–Crippen LogP) is 2.62. The third-order valence-electron chi connectivity index (χ3n) is 2.72. The standard InChI is InChI=1S/C14H14N2O2S/c15-12-8-16-7-6-13(12)19-9-11(14(17)18)10-4-2-1-3-5-10/h1-8,11H,9,15H2,(H,17,18). The van der Waals surface area contributed by atoms with Gasteiger partial charge in [0.15, 0.2) is 0 Å². The van der Waals surface area contributed by atoms with Crippen LogP contribution in [-0.4, -0.2) is 21.8 Å². The van der Waals surface area contributed by atoms with Gasteiger partial charge in [-0.15, -0.1) is 11.8 Å². The number of thioether (sulfide) groups is 1. The van der Waals surface area contributed by atoms with Gasteiger partial charge < -0.3 is 10.8 Å². The average molecular weight is 274 g/mol. The third-order valence-corrected chi connectivity index (χ3v) is 3.90. The SMILES string of the molecule is Nc1cnccc1SCC(C(=O)O)c1ccccc1. The number of aromatic nitrogens is 1. The molecule has 0 bridgehead atoms. The Hall–Kier alpha value is -2.01. The fraction of sp³-hybridized carbons (Fsp3) is 0.143. The lowest BCUT2D eigenvalue weighted by Crippen LogP contribution is -2.14. The van der Waals surface area contributed by atoms with Crippen molar-refractivity contribution < 1.29 is 9.90 Å². The van der Waals surface area contributed by atoms with Crippen molar-refractivity contribution in [3.8, 4) is 0 Å². The summed E-state index contributed by atoms with van der Waals surface area (Å²) in [4.78, 5) is 16.1. The molecule has 0 aliphatic heterocycles. The van der Waals surface area contributed by atoms with Crippen molar-refractivity contribution in [1.82, 2.24) is 4.98 Å². The molecule has 1 heterocycles. The Morgan fingerprint density at radius 2 is 2.05 bits per heavy atom. The van der Waals surface area contributed by atoms with Gasteiger partial charge in [-0.1, -0.05) is 30.3 Å². The molecular weight excluding hydrogens is 260 g/mol. The summed E-state index contributed by atoms with van der Waals surface area (Å²) in [5.74, 6) is -0.932. The minimum absolute atomic E-state index is 0.438. The molecule has 4 nitrogen and oxygen atoms in total. The van der Waals surface area contributed by atoms with E-state index in [2.05, 4.69) is 4.98 Å². The van der Waals surface area contributed by atoms with Gasteiger partial charge in [-0.3, -0.25) is 9.78 Å². The van der Waals surface area contributed by atoms with Crippen LogP contribution in [0, 0.1) is 0 Å². The van der Waals surface area contributed by atoms with Crippen molar-refractivity contribution in [2.24, 2.45) is 0 Å². The van der Waals surface area contributed by atoms with E-state index in [1.165, 1.54) is 11.8 Å². The number of aliphatic carboxylic acids is 1. The lowest BCUT2D eigenvalue weighted by atomic mass is 10.0. The fourth-order valence-corrected chi connectivity index (χ4v) is 2.75. The van der Waals surface area contributed by atoms with E-state index in [4.69, 9.17) is 5.73 Å². The molecule has 0 saturated heterocycles. The number of carbonyl (C=O) groups is 1. The van der Waals surface area contributed by atoms with Gasteiger partial charge in [0.2, 0.25) is 0 Å². The topological polar surface area (TPSA) is 76.2 Å². The molecule has 1 aromatic carbocycles. The van der Waals surface area contributed by atoms with E-state index in [9.17, 15) is 9.90 Å². The Balaban J connectivity index is 2.11. The first-order chi connectivity index (χ1) is 9.18.